The molecule has 1 unspecified atom stereocenters. The predicted octanol–water partition coefficient (Wildman–Crippen LogP) is -0.221. The molecular weight excluding hydrogens is 332 g/mol. The first-order chi connectivity index (χ1) is 8.26. The number of aliphatic imine (C=N–C) groups is 1. The summed E-state index contributed by atoms with van der Waals surface area (Å²) in [6.07, 6.45) is 0. The van der Waals surface area contributed by atoms with Crippen LogP contribution in [0, 0.1) is 0 Å². The van der Waals surface area contributed by atoms with E-state index in [1.54, 1.807) is 11.8 Å². The van der Waals surface area contributed by atoms with Crippen LogP contribution in [0.4, 0.5) is 0 Å². The number of benzene rings is 1. The lowest BCUT2D eigenvalue weighted by Crippen LogP contribution is -3.10. The Morgan fingerprint density at radius 3 is 2.44 bits per heavy atom. The van der Waals surface area contributed by atoms with Crippen LogP contribution in [0.2, 0.25) is 0 Å². The minimum Gasteiger partial charge on any atom is -1.00 e. The minimum atomic E-state index is 0. The lowest BCUT2D eigenvalue weighted by Gasteiger charge is -2.13. The van der Waals surface area contributed by atoms with Gasteiger partial charge in [0.05, 0.1) is 6.54 Å². The van der Waals surface area contributed by atoms with Crippen molar-refractivity contribution in [2.24, 2.45) is 4.99 Å². The molecule has 1 heterocycles. The molecule has 18 heavy (non-hydrogen) atoms. The molecule has 0 bridgehead atoms. The van der Waals surface area contributed by atoms with Gasteiger partial charge in [0.25, 0.3) is 5.17 Å². The third-order valence-corrected chi connectivity index (χ3v) is 4.16. The highest BCUT2D eigenvalue weighted by Gasteiger charge is 2.28. The molecule has 1 aromatic rings. The van der Waals surface area contributed by atoms with Gasteiger partial charge in [-0.3, -0.25) is 0 Å². The van der Waals surface area contributed by atoms with Gasteiger partial charge in [0, 0.05) is 22.0 Å². The molecule has 0 saturated heterocycles. The molecule has 2 nitrogen and oxygen atoms in total. The second-order valence-electron chi connectivity index (χ2n) is 3.77. The number of thioether (sulfide) groups is 1. The minimum absolute atomic E-state index is 0. The molecule has 98 valence electrons. The van der Waals surface area contributed by atoms with Crippen molar-refractivity contribution in [3.05, 3.63) is 39.7 Å². The van der Waals surface area contributed by atoms with E-state index in [0.29, 0.717) is 0 Å². The Bertz CT molecular complexity index is 457. The summed E-state index contributed by atoms with van der Waals surface area (Å²) in [5.41, 5.74) is 2.61. The summed E-state index contributed by atoms with van der Waals surface area (Å²) in [5.74, 6) is 0. The lowest BCUT2D eigenvalue weighted by molar-refractivity contribution is -0.715. The van der Waals surface area contributed by atoms with E-state index in [1.807, 2.05) is 0 Å². The molecule has 1 aromatic carbocycles. The van der Waals surface area contributed by atoms with E-state index in [4.69, 9.17) is 0 Å². The highest BCUT2D eigenvalue weighted by molar-refractivity contribution is 9.10. The van der Waals surface area contributed by atoms with Gasteiger partial charge in [-0.05, 0) is 49.9 Å². The number of hydrogen-bond donors (Lipinski definition) is 1. The Morgan fingerprint density at radius 2 is 1.89 bits per heavy atom. The maximum atomic E-state index is 4.55. The highest BCUT2D eigenvalue weighted by Crippen LogP contribution is 2.21. The van der Waals surface area contributed by atoms with Crippen LogP contribution in [-0.4, -0.2) is 18.3 Å². The second-order valence-corrected chi connectivity index (χ2v) is 5.54. The van der Waals surface area contributed by atoms with E-state index in [-0.39, 0.29) is 12.4 Å². The van der Waals surface area contributed by atoms with Gasteiger partial charge in [0.15, 0.2) is 5.70 Å². The molecule has 1 atom stereocenters. The monoisotopic (exact) mass is 346 g/mol. The van der Waals surface area contributed by atoms with Gasteiger partial charge in [0.1, 0.15) is 0 Å². The zero-order valence-electron chi connectivity index (χ0n) is 10.4. The molecule has 0 saturated carbocycles. The maximum absolute atomic E-state index is 4.55. The van der Waals surface area contributed by atoms with Crippen molar-refractivity contribution in [1.29, 1.82) is 0 Å². The average Bonchev–Trinajstić information content (AvgIpc) is 2.73. The van der Waals surface area contributed by atoms with E-state index in [9.17, 15) is 0 Å². The maximum Gasteiger partial charge on any atom is 0.267 e. The fraction of sp³-hybridized carbons (Fsp3) is 0.308. The van der Waals surface area contributed by atoms with Gasteiger partial charge >= 0.3 is 0 Å². The van der Waals surface area contributed by atoms with Crippen LogP contribution < -0.4 is 17.3 Å². The van der Waals surface area contributed by atoms with Crippen molar-refractivity contribution in [3.8, 4) is 0 Å². The lowest BCUT2D eigenvalue weighted by atomic mass is 10.1. The van der Waals surface area contributed by atoms with Crippen molar-refractivity contribution < 1.29 is 17.3 Å². The first-order valence-electron chi connectivity index (χ1n) is 5.80. The van der Waals surface area contributed by atoms with Crippen LogP contribution in [0.1, 0.15) is 19.4 Å². The molecule has 1 N–H and O–H groups in total. The van der Waals surface area contributed by atoms with Crippen molar-refractivity contribution in [2.45, 2.75) is 13.8 Å². The molecule has 2 rings (SSSR count). The standard InChI is InChI=1S/C13H15BrN2S.ClH/c1-3-15-13-16(4-2)12(9-17-13)10-5-7-11(14)8-6-10;/h5-9H,3-4H2,1-2H3;1H. The first-order valence-corrected chi connectivity index (χ1v) is 7.47. The quantitative estimate of drug-likeness (QED) is 0.800. The number of rotatable bonds is 3. The molecule has 5 heteroatoms. The molecule has 0 aliphatic carbocycles. The molecule has 0 fully saturated rings. The van der Waals surface area contributed by atoms with Gasteiger partial charge in [-0.1, -0.05) is 15.9 Å². The summed E-state index contributed by atoms with van der Waals surface area (Å²) in [7, 11) is 0. The zero-order chi connectivity index (χ0) is 12.3. The topological polar surface area (TPSA) is 16.8 Å². The Morgan fingerprint density at radius 1 is 1.22 bits per heavy atom. The van der Waals surface area contributed by atoms with E-state index in [0.717, 1.165) is 17.6 Å². The molecule has 0 radical (unpaired) electrons. The van der Waals surface area contributed by atoms with Crippen LogP contribution >= 0.6 is 27.7 Å². The highest BCUT2D eigenvalue weighted by atomic mass is 79.9. The van der Waals surface area contributed by atoms with E-state index in [1.165, 1.54) is 21.3 Å². The van der Waals surface area contributed by atoms with Gasteiger partial charge < -0.3 is 12.4 Å². The fourth-order valence-electron chi connectivity index (χ4n) is 1.86. The van der Waals surface area contributed by atoms with Crippen molar-refractivity contribution >= 4 is 38.6 Å². The molecule has 0 spiro atoms. The van der Waals surface area contributed by atoms with E-state index in [2.05, 4.69) is 64.4 Å². The fourth-order valence-corrected chi connectivity index (χ4v) is 3.23. The van der Waals surface area contributed by atoms with Gasteiger partial charge in [-0.25, -0.2) is 9.89 Å². The van der Waals surface area contributed by atoms with Gasteiger partial charge in [0.2, 0.25) is 0 Å². The normalized spacial score (nSPS) is 20.7. The Kier molecular flexibility index (Phi) is 6.43. The summed E-state index contributed by atoms with van der Waals surface area (Å²) >= 11 is 5.21. The number of quaternary nitrogens is 1. The number of hydrogen-bond acceptors (Lipinski definition) is 2. The van der Waals surface area contributed by atoms with Crippen LogP contribution in [0.5, 0.6) is 0 Å². The summed E-state index contributed by atoms with van der Waals surface area (Å²) in [6, 6.07) is 8.48. The van der Waals surface area contributed by atoms with Crippen LogP contribution in [0.25, 0.3) is 5.70 Å². The summed E-state index contributed by atoms with van der Waals surface area (Å²) in [6.45, 7) is 6.17. The molecule has 0 aromatic heterocycles. The smallest absolute Gasteiger partial charge is 0.267 e. The molecule has 1 aliphatic rings. The van der Waals surface area contributed by atoms with E-state index >= 15 is 0 Å². The third kappa shape index (κ3) is 3.38. The molecule has 0 amide bonds. The van der Waals surface area contributed by atoms with Crippen LogP contribution in [0.15, 0.2) is 39.1 Å². The van der Waals surface area contributed by atoms with Gasteiger partial charge in [-0.15, -0.1) is 0 Å². The van der Waals surface area contributed by atoms with E-state index < -0.39 is 0 Å². The van der Waals surface area contributed by atoms with Crippen LogP contribution in [-0.2, 0) is 0 Å². The second kappa shape index (κ2) is 7.34. The molecule has 1 aliphatic heterocycles. The number of amidine groups is 1. The third-order valence-electron chi connectivity index (χ3n) is 2.68. The summed E-state index contributed by atoms with van der Waals surface area (Å²) in [5, 5.41) is 3.41. The van der Waals surface area contributed by atoms with Crippen molar-refractivity contribution in [1.82, 2.24) is 0 Å². The predicted molar refractivity (Wildman–Crippen MR) is 79.2 cm³/mol. The zero-order valence-corrected chi connectivity index (χ0v) is 13.6. The van der Waals surface area contributed by atoms with Gasteiger partial charge in [-0.2, -0.15) is 0 Å². The van der Waals surface area contributed by atoms with Crippen molar-refractivity contribution in [2.75, 3.05) is 13.1 Å². The van der Waals surface area contributed by atoms with Crippen LogP contribution in [0.3, 0.4) is 0 Å². The SMILES string of the molecule is CCN=C1SC=C(c2ccc(Br)cc2)[NH+]1CC.[Cl-]. The first kappa shape index (κ1) is 15.8. The average molecular weight is 348 g/mol. The summed E-state index contributed by atoms with van der Waals surface area (Å²) < 4.78 is 1.12. The number of nitrogens with one attached hydrogen (secondary N) is 1. The Labute approximate surface area is 127 Å². The summed E-state index contributed by atoms with van der Waals surface area (Å²) in [4.78, 5) is 5.92. The Balaban J connectivity index is 0.00000162. The molecular formula is C13H16BrClN2S. The largest absolute Gasteiger partial charge is 1.00 e. The Hall–Kier alpha value is -0.290. The number of nitrogens with zero attached hydrogens (tertiary/aromatic N) is 1. The number of halogens is 2. The van der Waals surface area contributed by atoms with Crippen molar-refractivity contribution in [3.63, 3.8) is 0 Å².